The fourth-order valence-corrected chi connectivity index (χ4v) is 4.96. The van der Waals surface area contributed by atoms with Crippen LogP contribution < -0.4 is 15.0 Å². The first-order valence-electron chi connectivity index (χ1n) is 13.0. The van der Waals surface area contributed by atoms with Gasteiger partial charge in [0.25, 0.3) is 6.43 Å². The van der Waals surface area contributed by atoms with Crippen LogP contribution in [0, 0.1) is 6.92 Å². The van der Waals surface area contributed by atoms with Crippen molar-refractivity contribution in [3.8, 4) is 22.8 Å². The van der Waals surface area contributed by atoms with Crippen LogP contribution in [0.25, 0.3) is 17.1 Å². The maximum Gasteiger partial charge on any atom is 0.573 e. The fourth-order valence-electron chi connectivity index (χ4n) is 4.11. The number of benzene rings is 3. The summed E-state index contributed by atoms with van der Waals surface area (Å²) in [5, 5.41) is 14.9. The molecule has 11 nitrogen and oxygen atoms in total. The molecule has 2 heterocycles. The summed E-state index contributed by atoms with van der Waals surface area (Å²) in [5.41, 5.74) is 2.94. The Balaban J connectivity index is 1.26. The average molecular weight is 648 g/mol. The Labute approximate surface area is 256 Å². The SMILES string of the molecule is Cc1ccc(COCC(F)F)c(N2C(=O)CS/C2=N\C(=O)Nc2ccc(-c3nnn(-c4ccc(OC(F)(F)F)cc4)n3)cc2)c1. The largest absolute Gasteiger partial charge is 0.573 e. The minimum atomic E-state index is -4.81. The second kappa shape index (κ2) is 13.4. The van der Waals surface area contributed by atoms with E-state index in [9.17, 15) is 31.5 Å². The number of tetrazole rings is 1. The number of aliphatic imine (C=N–C) groups is 1. The molecule has 1 aromatic heterocycles. The van der Waals surface area contributed by atoms with Gasteiger partial charge in [0, 0.05) is 16.8 Å². The highest BCUT2D eigenvalue weighted by Gasteiger charge is 2.32. The Morgan fingerprint density at radius 3 is 2.51 bits per heavy atom. The van der Waals surface area contributed by atoms with E-state index in [4.69, 9.17) is 4.74 Å². The van der Waals surface area contributed by atoms with Gasteiger partial charge in [0.15, 0.2) is 5.17 Å². The molecular weight excluding hydrogens is 625 g/mol. The van der Waals surface area contributed by atoms with Crippen LogP contribution in [-0.4, -0.2) is 62.5 Å². The third kappa shape index (κ3) is 8.18. The molecule has 0 unspecified atom stereocenters. The zero-order chi connectivity index (χ0) is 32.1. The molecule has 0 saturated carbocycles. The molecule has 0 aliphatic carbocycles. The van der Waals surface area contributed by atoms with Crippen molar-refractivity contribution in [2.45, 2.75) is 26.3 Å². The summed E-state index contributed by atoms with van der Waals surface area (Å²) in [6.07, 6.45) is -7.45. The number of aromatic nitrogens is 4. The van der Waals surface area contributed by atoms with Gasteiger partial charge in [0.1, 0.15) is 12.4 Å². The lowest BCUT2D eigenvalue weighted by molar-refractivity contribution is -0.274. The molecule has 1 fully saturated rings. The summed E-state index contributed by atoms with van der Waals surface area (Å²) in [5.74, 6) is -0.475. The van der Waals surface area contributed by atoms with Gasteiger partial charge in [-0.3, -0.25) is 9.69 Å². The summed E-state index contributed by atoms with van der Waals surface area (Å²) in [7, 11) is 0. The topological polar surface area (TPSA) is 124 Å². The van der Waals surface area contributed by atoms with Crippen molar-refractivity contribution in [1.82, 2.24) is 20.2 Å². The molecule has 3 amide bonds. The first-order chi connectivity index (χ1) is 21.4. The number of carbonyl (C=O) groups is 2. The van der Waals surface area contributed by atoms with Crippen LogP contribution >= 0.6 is 11.8 Å². The van der Waals surface area contributed by atoms with Crippen LogP contribution in [0.1, 0.15) is 11.1 Å². The zero-order valence-electron chi connectivity index (χ0n) is 23.2. The van der Waals surface area contributed by atoms with Crippen LogP contribution in [0.5, 0.6) is 5.75 Å². The van der Waals surface area contributed by atoms with Crippen LogP contribution in [-0.2, 0) is 16.1 Å². The number of hydrogen-bond acceptors (Lipinski definition) is 8. The summed E-state index contributed by atoms with van der Waals surface area (Å²) in [6.45, 7) is 0.884. The number of hydrogen-bond donors (Lipinski definition) is 1. The van der Waals surface area contributed by atoms with E-state index in [1.54, 1.807) is 49.4 Å². The molecule has 3 aromatic carbocycles. The molecule has 0 atom stereocenters. The van der Waals surface area contributed by atoms with Crippen molar-refractivity contribution in [3.63, 3.8) is 0 Å². The molecule has 234 valence electrons. The van der Waals surface area contributed by atoms with Crippen molar-refractivity contribution in [2.24, 2.45) is 4.99 Å². The maximum absolute atomic E-state index is 12.8. The number of aryl methyl sites for hydroxylation is 1. The molecular formula is C28H22F5N7O4S. The normalized spacial score (nSPS) is 14.4. The number of halogens is 5. The number of thioether (sulfide) groups is 1. The van der Waals surface area contributed by atoms with Gasteiger partial charge in [-0.2, -0.15) is 4.99 Å². The molecule has 4 aromatic rings. The highest BCUT2D eigenvalue weighted by atomic mass is 32.2. The van der Waals surface area contributed by atoms with E-state index in [2.05, 4.69) is 30.5 Å². The van der Waals surface area contributed by atoms with E-state index < -0.39 is 31.2 Å². The van der Waals surface area contributed by atoms with Crippen molar-refractivity contribution < 1.29 is 41.0 Å². The third-order valence-electron chi connectivity index (χ3n) is 6.05. The first-order valence-corrected chi connectivity index (χ1v) is 14.0. The third-order valence-corrected chi connectivity index (χ3v) is 6.98. The number of amides is 3. The number of carbonyl (C=O) groups excluding carboxylic acids is 2. The fraction of sp³-hybridized carbons (Fsp3) is 0.214. The van der Waals surface area contributed by atoms with Gasteiger partial charge >= 0.3 is 12.4 Å². The lowest BCUT2D eigenvalue weighted by Gasteiger charge is -2.20. The molecule has 1 N–H and O–H groups in total. The van der Waals surface area contributed by atoms with E-state index in [1.165, 1.54) is 17.0 Å². The standard InChI is InChI=1S/C28H22F5N7O4S/c1-16-2-3-18(13-43-14-23(29)30)22(12-16)39-24(41)15-45-27(39)35-26(42)34-19-6-4-17(5-7-19)25-36-38-40(37-25)20-8-10-21(11-9-20)44-28(31,32)33/h2-12,23H,13-15H2,1H3,(H,34,42)/b35-27-. The van der Waals surface area contributed by atoms with Gasteiger partial charge in [-0.05, 0) is 72.3 Å². The zero-order valence-corrected chi connectivity index (χ0v) is 24.0. The number of anilines is 2. The van der Waals surface area contributed by atoms with E-state index in [0.29, 0.717) is 28.2 Å². The number of urea groups is 1. The molecule has 0 bridgehead atoms. The van der Waals surface area contributed by atoms with Gasteiger partial charge in [0.05, 0.1) is 23.7 Å². The molecule has 1 saturated heterocycles. The van der Waals surface area contributed by atoms with Crippen LogP contribution in [0.2, 0.25) is 0 Å². The molecule has 0 radical (unpaired) electrons. The van der Waals surface area contributed by atoms with E-state index in [0.717, 1.165) is 34.3 Å². The second-order valence-corrected chi connectivity index (χ2v) is 10.3. The van der Waals surface area contributed by atoms with Crippen LogP contribution in [0.4, 0.5) is 38.1 Å². The highest BCUT2D eigenvalue weighted by molar-refractivity contribution is 8.15. The Morgan fingerprint density at radius 2 is 1.82 bits per heavy atom. The van der Waals surface area contributed by atoms with E-state index >= 15 is 0 Å². The van der Waals surface area contributed by atoms with Gasteiger partial charge in [-0.25, -0.2) is 13.6 Å². The number of ether oxygens (including phenoxy) is 2. The van der Waals surface area contributed by atoms with Gasteiger partial charge < -0.3 is 14.8 Å². The molecule has 5 rings (SSSR count). The molecule has 45 heavy (non-hydrogen) atoms. The monoisotopic (exact) mass is 647 g/mol. The van der Waals surface area contributed by atoms with Gasteiger partial charge in [0.2, 0.25) is 11.7 Å². The lowest BCUT2D eigenvalue weighted by atomic mass is 10.1. The van der Waals surface area contributed by atoms with Crippen LogP contribution in [0.3, 0.4) is 0 Å². The van der Waals surface area contributed by atoms with Crippen molar-refractivity contribution in [2.75, 3.05) is 22.6 Å². The Hall–Kier alpha value is -4.90. The summed E-state index contributed by atoms with van der Waals surface area (Å²) in [4.78, 5) is 32.0. The van der Waals surface area contributed by atoms with Crippen molar-refractivity contribution in [1.29, 1.82) is 0 Å². The molecule has 0 spiro atoms. The summed E-state index contributed by atoms with van der Waals surface area (Å²) < 4.78 is 71.2. The number of alkyl halides is 5. The number of nitrogens with zero attached hydrogens (tertiary/aromatic N) is 6. The van der Waals surface area contributed by atoms with E-state index in [1.807, 2.05) is 0 Å². The Kier molecular flexibility index (Phi) is 9.38. The Morgan fingerprint density at radius 1 is 1.09 bits per heavy atom. The van der Waals surface area contributed by atoms with Gasteiger partial charge in [-0.15, -0.1) is 28.2 Å². The van der Waals surface area contributed by atoms with Crippen molar-refractivity contribution >= 4 is 40.2 Å². The average Bonchev–Trinajstić information content (AvgIpc) is 3.61. The minimum absolute atomic E-state index is 0.0330. The maximum atomic E-state index is 12.8. The quantitative estimate of drug-likeness (QED) is 0.220. The van der Waals surface area contributed by atoms with Crippen LogP contribution in [0.15, 0.2) is 71.7 Å². The lowest BCUT2D eigenvalue weighted by Crippen LogP contribution is -2.31. The van der Waals surface area contributed by atoms with E-state index in [-0.39, 0.29) is 29.3 Å². The molecule has 1 aliphatic rings. The van der Waals surface area contributed by atoms with Gasteiger partial charge in [-0.1, -0.05) is 23.9 Å². The van der Waals surface area contributed by atoms with Crippen molar-refractivity contribution in [3.05, 3.63) is 77.9 Å². The summed E-state index contributed by atoms with van der Waals surface area (Å²) in [6, 6.07) is 15.7. The number of nitrogens with one attached hydrogen (secondary N) is 1. The number of rotatable bonds is 9. The first kappa shape index (κ1) is 31.5. The highest BCUT2D eigenvalue weighted by Crippen LogP contribution is 2.31. The molecule has 17 heteroatoms. The second-order valence-electron chi connectivity index (χ2n) is 9.40. The summed E-state index contributed by atoms with van der Waals surface area (Å²) >= 11 is 1.06. The number of amidine groups is 1. The molecule has 1 aliphatic heterocycles. The smallest absolute Gasteiger partial charge is 0.406 e. The predicted octanol–water partition coefficient (Wildman–Crippen LogP) is 5.99. The minimum Gasteiger partial charge on any atom is -0.406 e. The predicted molar refractivity (Wildman–Crippen MR) is 155 cm³/mol. The Bertz CT molecular complexity index is 1710.